The fourth-order valence-corrected chi connectivity index (χ4v) is 7.32. The van der Waals surface area contributed by atoms with E-state index in [0.717, 1.165) is 36.7 Å². The fraction of sp³-hybridized carbons (Fsp3) is 0.250. The first-order valence-corrected chi connectivity index (χ1v) is 15.3. The van der Waals surface area contributed by atoms with Crippen molar-refractivity contribution in [3.63, 3.8) is 0 Å². The highest BCUT2D eigenvalue weighted by molar-refractivity contribution is 7.94. The molecule has 1 saturated heterocycles. The summed E-state index contributed by atoms with van der Waals surface area (Å²) in [5.41, 5.74) is 0.0916. The molecule has 0 atom stereocenters. The molecule has 3 N–H and O–H groups in total. The summed E-state index contributed by atoms with van der Waals surface area (Å²) in [7, 11) is -7.43. The number of benzene rings is 2. The number of aromatic hydroxyl groups is 1. The molecule has 2 aromatic carbocycles. The number of thiophene rings is 1. The van der Waals surface area contributed by atoms with E-state index in [2.05, 4.69) is 10.0 Å². The molecule has 0 aliphatic carbocycles. The monoisotopic (exact) mass is 579 g/mol. The minimum absolute atomic E-state index is 0.0379. The van der Waals surface area contributed by atoms with Crippen LogP contribution in [-0.2, 0) is 29.6 Å². The summed E-state index contributed by atoms with van der Waals surface area (Å²) in [4.78, 5) is 24.7. The molecule has 202 valence electrons. The Hall–Kier alpha value is -3.46. The molecule has 0 radical (unpaired) electrons. The van der Waals surface area contributed by atoms with Crippen LogP contribution in [0.15, 0.2) is 69.1 Å². The van der Waals surface area contributed by atoms with Crippen LogP contribution in [0.25, 0.3) is 0 Å². The van der Waals surface area contributed by atoms with Gasteiger partial charge in [-0.2, -0.15) is 4.31 Å². The van der Waals surface area contributed by atoms with Crippen molar-refractivity contribution in [3.05, 3.63) is 65.5 Å². The second-order valence-electron chi connectivity index (χ2n) is 8.38. The summed E-state index contributed by atoms with van der Waals surface area (Å²) in [6.45, 7) is 0.295. The van der Waals surface area contributed by atoms with Crippen molar-refractivity contribution in [2.75, 3.05) is 29.7 Å². The lowest BCUT2D eigenvalue weighted by Crippen LogP contribution is -2.35. The molecule has 1 fully saturated rings. The second-order valence-corrected chi connectivity index (χ2v) is 13.2. The Bertz CT molecular complexity index is 1510. The highest BCUT2D eigenvalue weighted by atomic mass is 32.2. The number of piperidine rings is 1. The molecule has 1 aromatic heterocycles. The summed E-state index contributed by atoms with van der Waals surface area (Å²) < 4.78 is 58.9. The number of rotatable bonds is 9. The zero-order valence-electron chi connectivity index (χ0n) is 20.0. The van der Waals surface area contributed by atoms with Crippen molar-refractivity contribution in [1.29, 1.82) is 0 Å². The van der Waals surface area contributed by atoms with Gasteiger partial charge in [-0.15, -0.1) is 11.3 Å². The first-order chi connectivity index (χ1) is 18.1. The number of esters is 1. The molecule has 3 aromatic rings. The van der Waals surface area contributed by atoms with Crippen LogP contribution in [0, 0.1) is 0 Å². The number of sulfonamides is 2. The van der Waals surface area contributed by atoms with Gasteiger partial charge < -0.3 is 15.2 Å². The molecule has 11 nitrogen and oxygen atoms in total. The Balaban J connectivity index is 1.31. The summed E-state index contributed by atoms with van der Waals surface area (Å²) in [5.74, 6) is -2.20. The molecule has 14 heteroatoms. The Morgan fingerprint density at radius 3 is 2.26 bits per heavy atom. The number of ether oxygens (including phenoxy) is 1. The van der Waals surface area contributed by atoms with Gasteiger partial charge in [0.15, 0.2) is 6.61 Å². The van der Waals surface area contributed by atoms with Gasteiger partial charge in [0, 0.05) is 24.8 Å². The van der Waals surface area contributed by atoms with Gasteiger partial charge in [-0.3, -0.25) is 9.52 Å². The van der Waals surface area contributed by atoms with Gasteiger partial charge in [0.2, 0.25) is 10.0 Å². The first-order valence-electron chi connectivity index (χ1n) is 11.5. The third-order valence-electron chi connectivity index (χ3n) is 5.66. The maximum atomic E-state index is 12.7. The lowest BCUT2D eigenvalue weighted by Gasteiger charge is -2.25. The van der Waals surface area contributed by atoms with E-state index in [0.29, 0.717) is 18.8 Å². The molecule has 4 rings (SSSR count). The van der Waals surface area contributed by atoms with Gasteiger partial charge in [-0.1, -0.05) is 12.5 Å². The van der Waals surface area contributed by atoms with E-state index in [1.54, 1.807) is 11.4 Å². The maximum Gasteiger partial charge on any atom is 0.342 e. The van der Waals surface area contributed by atoms with Crippen LogP contribution in [0.1, 0.15) is 29.6 Å². The SMILES string of the molecule is O=C(COC(=O)c1ccc(NS(=O)(=O)c2cccs2)cc1O)Nc1ccc(S(=O)(=O)N2CCCCC2)cc1. The molecular weight excluding hydrogens is 554 g/mol. The molecule has 0 unspecified atom stereocenters. The van der Waals surface area contributed by atoms with Crippen molar-refractivity contribution >= 4 is 54.6 Å². The number of phenolic OH excluding ortho intramolecular Hbond substituents is 1. The summed E-state index contributed by atoms with van der Waals surface area (Å²) in [6, 6.07) is 12.2. The maximum absolute atomic E-state index is 12.7. The molecule has 38 heavy (non-hydrogen) atoms. The van der Waals surface area contributed by atoms with Crippen LogP contribution < -0.4 is 10.0 Å². The Labute approximate surface area is 224 Å². The zero-order valence-corrected chi connectivity index (χ0v) is 22.4. The average Bonchev–Trinajstić information content (AvgIpc) is 3.44. The number of phenols is 1. The molecule has 0 spiro atoms. The number of carbonyl (C=O) groups excluding carboxylic acids is 2. The Kier molecular flexibility index (Phi) is 8.35. The first kappa shape index (κ1) is 27.6. The molecule has 1 aliphatic rings. The summed E-state index contributed by atoms with van der Waals surface area (Å²) in [6.07, 6.45) is 2.65. The number of anilines is 2. The van der Waals surface area contributed by atoms with Gasteiger partial charge in [0.05, 0.1) is 10.6 Å². The normalized spacial score (nSPS) is 14.5. The number of hydrogen-bond donors (Lipinski definition) is 3. The van der Waals surface area contributed by atoms with Gasteiger partial charge in [0.1, 0.15) is 15.5 Å². The van der Waals surface area contributed by atoms with E-state index in [9.17, 15) is 31.5 Å². The quantitative estimate of drug-likeness (QED) is 0.326. The van der Waals surface area contributed by atoms with E-state index < -0.39 is 44.3 Å². The van der Waals surface area contributed by atoms with Crippen molar-refractivity contribution in [3.8, 4) is 5.75 Å². The van der Waals surface area contributed by atoms with Gasteiger partial charge in [-0.05, 0) is 60.7 Å². The molecule has 0 bridgehead atoms. The Morgan fingerprint density at radius 2 is 1.63 bits per heavy atom. The van der Waals surface area contributed by atoms with E-state index in [1.807, 2.05) is 0 Å². The van der Waals surface area contributed by atoms with Crippen LogP contribution in [0.4, 0.5) is 11.4 Å². The predicted molar refractivity (Wildman–Crippen MR) is 141 cm³/mol. The predicted octanol–water partition coefficient (Wildman–Crippen LogP) is 3.22. The lowest BCUT2D eigenvalue weighted by molar-refractivity contribution is -0.119. The second kappa shape index (κ2) is 11.5. The van der Waals surface area contributed by atoms with Gasteiger partial charge in [0.25, 0.3) is 15.9 Å². The van der Waals surface area contributed by atoms with Crippen LogP contribution in [-0.4, -0.2) is 57.8 Å². The number of nitrogens with zero attached hydrogens (tertiary/aromatic N) is 1. The van der Waals surface area contributed by atoms with Crippen LogP contribution in [0.2, 0.25) is 0 Å². The smallest absolute Gasteiger partial charge is 0.342 e. The standard InChI is InChI=1S/C24H25N3O8S3/c28-21-15-18(26-37(31,32)23-5-4-14-36-23)8-11-20(21)24(30)35-16-22(29)25-17-6-9-19(10-7-17)38(33,34)27-12-2-1-3-13-27/h4-11,14-15,26,28H,1-3,12-13,16H2,(H,25,29). The highest BCUT2D eigenvalue weighted by Crippen LogP contribution is 2.26. The largest absolute Gasteiger partial charge is 0.507 e. The number of hydrogen-bond acceptors (Lipinski definition) is 9. The number of carbonyl (C=O) groups is 2. The number of amides is 1. The highest BCUT2D eigenvalue weighted by Gasteiger charge is 2.26. The average molecular weight is 580 g/mol. The Morgan fingerprint density at radius 1 is 0.947 bits per heavy atom. The van der Waals surface area contributed by atoms with E-state index >= 15 is 0 Å². The minimum atomic E-state index is -3.84. The van der Waals surface area contributed by atoms with Crippen LogP contribution in [0.3, 0.4) is 0 Å². The minimum Gasteiger partial charge on any atom is -0.507 e. The third-order valence-corrected chi connectivity index (χ3v) is 10.3. The molecular formula is C24H25N3O8S3. The van der Waals surface area contributed by atoms with E-state index in [1.165, 1.54) is 46.8 Å². The van der Waals surface area contributed by atoms with Crippen molar-refractivity contribution in [2.24, 2.45) is 0 Å². The molecule has 2 heterocycles. The number of nitrogens with one attached hydrogen (secondary N) is 2. The summed E-state index contributed by atoms with van der Waals surface area (Å²) in [5, 5.41) is 14.3. The zero-order chi connectivity index (χ0) is 27.3. The van der Waals surface area contributed by atoms with E-state index in [4.69, 9.17) is 4.74 Å². The molecule has 1 amide bonds. The van der Waals surface area contributed by atoms with Gasteiger partial charge >= 0.3 is 5.97 Å². The van der Waals surface area contributed by atoms with E-state index in [-0.39, 0.29) is 20.4 Å². The van der Waals surface area contributed by atoms with Crippen molar-refractivity contribution in [2.45, 2.75) is 28.4 Å². The summed E-state index contributed by atoms with van der Waals surface area (Å²) >= 11 is 1.02. The van der Waals surface area contributed by atoms with Gasteiger partial charge in [-0.25, -0.2) is 21.6 Å². The topological polar surface area (TPSA) is 159 Å². The molecule has 0 saturated carbocycles. The van der Waals surface area contributed by atoms with Crippen LogP contribution >= 0.6 is 11.3 Å². The van der Waals surface area contributed by atoms with Crippen LogP contribution in [0.5, 0.6) is 5.75 Å². The lowest BCUT2D eigenvalue weighted by atomic mass is 10.2. The van der Waals surface area contributed by atoms with Crippen molar-refractivity contribution < 1.29 is 36.3 Å². The molecule has 1 aliphatic heterocycles. The fourth-order valence-electron chi connectivity index (χ4n) is 3.76. The third kappa shape index (κ3) is 6.51. The van der Waals surface area contributed by atoms with Crippen molar-refractivity contribution in [1.82, 2.24) is 4.31 Å².